The predicted octanol–water partition coefficient (Wildman–Crippen LogP) is 3.18. The monoisotopic (exact) mass is 295 g/mol. The van der Waals surface area contributed by atoms with Crippen molar-refractivity contribution in [3.05, 3.63) is 34.3 Å². The fourth-order valence-electron chi connectivity index (χ4n) is 2.99. The van der Waals surface area contributed by atoms with Crippen LogP contribution in [0.5, 0.6) is 0 Å². The Hall–Kier alpha value is -1.06. The van der Waals surface area contributed by atoms with E-state index in [0.717, 1.165) is 18.4 Å². The minimum Gasteiger partial charge on any atom is -0.396 e. The Morgan fingerprint density at radius 3 is 2.65 bits per heavy atom. The molecule has 0 heterocycles. The van der Waals surface area contributed by atoms with Crippen LogP contribution in [0.2, 0.25) is 5.02 Å². The molecule has 0 saturated heterocycles. The second kappa shape index (κ2) is 7.09. The zero-order valence-electron chi connectivity index (χ0n) is 11.9. The molecule has 0 radical (unpaired) electrons. The van der Waals surface area contributed by atoms with Gasteiger partial charge in [-0.3, -0.25) is 4.79 Å². The second-order valence-corrected chi connectivity index (χ2v) is 6.15. The van der Waals surface area contributed by atoms with Crippen molar-refractivity contribution in [2.75, 3.05) is 13.2 Å². The Balaban J connectivity index is 1.94. The lowest BCUT2D eigenvalue weighted by atomic mass is 9.79. The van der Waals surface area contributed by atoms with Crippen LogP contribution in [0.1, 0.15) is 41.6 Å². The van der Waals surface area contributed by atoms with Crippen molar-refractivity contribution in [1.29, 1.82) is 0 Å². The number of aliphatic hydroxyl groups excluding tert-OH is 1. The van der Waals surface area contributed by atoms with Crippen LogP contribution in [0.25, 0.3) is 0 Å². The summed E-state index contributed by atoms with van der Waals surface area (Å²) in [5.74, 6) is 0.626. The summed E-state index contributed by atoms with van der Waals surface area (Å²) in [6.45, 7) is 2.78. The average Bonchev–Trinajstić information content (AvgIpc) is 2.44. The van der Waals surface area contributed by atoms with Crippen LogP contribution in [0, 0.1) is 18.8 Å². The molecule has 1 aliphatic carbocycles. The van der Waals surface area contributed by atoms with Crippen molar-refractivity contribution in [2.45, 2.75) is 32.6 Å². The zero-order valence-corrected chi connectivity index (χ0v) is 12.6. The van der Waals surface area contributed by atoms with Crippen molar-refractivity contribution < 1.29 is 9.90 Å². The fourth-order valence-corrected chi connectivity index (χ4v) is 3.28. The first-order valence-electron chi connectivity index (χ1n) is 7.26. The number of nitrogens with one attached hydrogen (secondary N) is 1. The SMILES string of the molecule is Cc1cc(Cl)cc(C(=O)NCC2CCCCC2CO)c1. The maximum Gasteiger partial charge on any atom is 0.251 e. The largest absolute Gasteiger partial charge is 0.396 e. The summed E-state index contributed by atoms with van der Waals surface area (Å²) in [6.07, 6.45) is 4.52. The van der Waals surface area contributed by atoms with Gasteiger partial charge in [-0.2, -0.15) is 0 Å². The number of amides is 1. The van der Waals surface area contributed by atoms with E-state index in [9.17, 15) is 9.90 Å². The number of aliphatic hydroxyl groups is 1. The lowest BCUT2D eigenvalue weighted by Gasteiger charge is -2.30. The van der Waals surface area contributed by atoms with Crippen LogP contribution in [0.4, 0.5) is 0 Å². The molecule has 3 nitrogen and oxygen atoms in total. The number of halogens is 1. The Bertz CT molecular complexity index is 455. The molecule has 4 heteroatoms. The number of hydrogen-bond donors (Lipinski definition) is 2. The average molecular weight is 296 g/mol. The molecule has 1 amide bonds. The van der Waals surface area contributed by atoms with Crippen LogP contribution in [0.15, 0.2) is 18.2 Å². The highest BCUT2D eigenvalue weighted by atomic mass is 35.5. The molecule has 0 aromatic heterocycles. The lowest BCUT2D eigenvalue weighted by Crippen LogP contribution is -2.35. The van der Waals surface area contributed by atoms with Gasteiger partial charge in [-0.05, 0) is 55.4 Å². The Morgan fingerprint density at radius 2 is 2.00 bits per heavy atom. The highest BCUT2D eigenvalue weighted by molar-refractivity contribution is 6.31. The van der Waals surface area contributed by atoms with E-state index in [2.05, 4.69) is 5.32 Å². The Kier molecular flexibility index (Phi) is 5.44. The molecule has 1 aromatic carbocycles. The van der Waals surface area contributed by atoms with E-state index in [1.807, 2.05) is 19.1 Å². The molecule has 1 saturated carbocycles. The van der Waals surface area contributed by atoms with Gasteiger partial charge in [-0.15, -0.1) is 0 Å². The normalized spacial score (nSPS) is 22.6. The van der Waals surface area contributed by atoms with E-state index in [1.54, 1.807) is 6.07 Å². The van der Waals surface area contributed by atoms with Gasteiger partial charge in [0.1, 0.15) is 0 Å². The first-order chi connectivity index (χ1) is 9.60. The minimum atomic E-state index is -0.0853. The highest BCUT2D eigenvalue weighted by Crippen LogP contribution is 2.29. The van der Waals surface area contributed by atoms with Crippen LogP contribution in [0.3, 0.4) is 0 Å². The summed E-state index contributed by atoms with van der Waals surface area (Å²) in [7, 11) is 0. The molecule has 1 aromatic rings. The van der Waals surface area contributed by atoms with Gasteiger partial charge in [0.05, 0.1) is 0 Å². The zero-order chi connectivity index (χ0) is 14.5. The van der Waals surface area contributed by atoms with Crippen LogP contribution >= 0.6 is 11.6 Å². The number of carbonyl (C=O) groups excluding carboxylic acids is 1. The molecule has 2 N–H and O–H groups in total. The molecule has 20 heavy (non-hydrogen) atoms. The molecule has 0 aliphatic heterocycles. The molecule has 2 rings (SSSR count). The first-order valence-corrected chi connectivity index (χ1v) is 7.64. The van der Waals surface area contributed by atoms with Gasteiger partial charge in [-0.1, -0.05) is 24.4 Å². The molecule has 2 unspecified atom stereocenters. The number of rotatable bonds is 4. The van der Waals surface area contributed by atoms with E-state index in [1.165, 1.54) is 12.8 Å². The van der Waals surface area contributed by atoms with Crippen molar-refractivity contribution in [1.82, 2.24) is 5.32 Å². The number of carbonyl (C=O) groups is 1. The van der Waals surface area contributed by atoms with Crippen molar-refractivity contribution >= 4 is 17.5 Å². The number of hydrogen-bond acceptors (Lipinski definition) is 2. The minimum absolute atomic E-state index is 0.0853. The predicted molar refractivity (Wildman–Crippen MR) is 81.1 cm³/mol. The standard InChI is InChI=1S/C16H22ClNO2/c1-11-6-14(8-15(17)7-11)16(20)18-9-12-4-2-3-5-13(12)10-19/h6-8,12-13,19H,2-5,9-10H2,1H3,(H,18,20). The summed E-state index contributed by atoms with van der Waals surface area (Å²) < 4.78 is 0. The van der Waals surface area contributed by atoms with Gasteiger partial charge < -0.3 is 10.4 Å². The molecule has 0 bridgehead atoms. The molecular weight excluding hydrogens is 274 g/mol. The maximum atomic E-state index is 12.2. The Morgan fingerprint density at radius 1 is 1.30 bits per heavy atom. The molecule has 0 spiro atoms. The number of aryl methyl sites for hydroxylation is 1. The third-order valence-corrected chi connectivity index (χ3v) is 4.35. The summed E-state index contributed by atoms with van der Waals surface area (Å²) >= 11 is 5.98. The molecule has 2 atom stereocenters. The van der Waals surface area contributed by atoms with Gasteiger partial charge in [0.15, 0.2) is 0 Å². The summed E-state index contributed by atoms with van der Waals surface area (Å²) in [5, 5.41) is 12.9. The third-order valence-electron chi connectivity index (χ3n) is 4.13. The van der Waals surface area contributed by atoms with Gasteiger partial charge in [0.25, 0.3) is 5.91 Å². The van der Waals surface area contributed by atoms with E-state index in [0.29, 0.717) is 29.0 Å². The van der Waals surface area contributed by atoms with E-state index < -0.39 is 0 Å². The van der Waals surface area contributed by atoms with E-state index >= 15 is 0 Å². The quantitative estimate of drug-likeness (QED) is 0.896. The molecule has 1 aliphatic rings. The van der Waals surface area contributed by atoms with E-state index in [-0.39, 0.29) is 12.5 Å². The smallest absolute Gasteiger partial charge is 0.251 e. The van der Waals surface area contributed by atoms with Crippen molar-refractivity contribution in [2.24, 2.45) is 11.8 Å². The van der Waals surface area contributed by atoms with Gasteiger partial charge in [-0.25, -0.2) is 0 Å². The molecule has 1 fully saturated rings. The molecular formula is C16H22ClNO2. The van der Waals surface area contributed by atoms with Gasteiger partial charge >= 0.3 is 0 Å². The topological polar surface area (TPSA) is 49.3 Å². The second-order valence-electron chi connectivity index (χ2n) is 5.71. The first kappa shape index (κ1) is 15.3. The van der Waals surface area contributed by atoms with E-state index in [4.69, 9.17) is 11.6 Å². The summed E-state index contributed by atoms with van der Waals surface area (Å²) in [4.78, 5) is 12.2. The summed E-state index contributed by atoms with van der Waals surface area (Å²) in [5.41, 5.74) is 1.58. The number of benzene rings is 1. The van der Waals surface area contributed by atoms with Gasteiger partial charge in [0.2, 0.25) is 0 Å². The van der Waals surface area contributed by atoms with Crippen LogP contribution in [-0.2, 0) is 0 Å². The highest BCUT2D eigenvalue weighted by Gasteiger charge is 2.24. The van der Waals surface area contributed by atoms with Crippen LogP contribution < -0.4 is 5.32 Å². The maximum absolute atomic E-state index is 12.2. The third kappa shape index (κ3) is 3.97. The van der Waals surface area contributed by atoms with Gasteiger partial charge in [0, 0.05) is 23.7 Å². The van der Waals surface area contributed by atoms with Crippen LogP contribution in [-0.4, -0.2) is 24.2 Å². The molecule has 110 valence electrons. The summed E-state index contributed by atoms with van der Waals surface area (Å²) in [6, 6.07) is 5.36. The van der Waals surface area contributed by atoms with Crippen molar-refractivity contribution in [3.8, 4) is 0 Å². The Labute approximate surface area is 125 Å². The lowest BCUT2D eigenvalue weighted by molar-refractivity contribution is 0.0909. The fraction of sp³-hybridized carbons (Fsp3) is 0.562. The van der Waals surface area contributed by atoms with Crippen molar-refractivity contribution in [3.63, 3.8) is 0 Å².